The molecule has 92 valence electrons. The SMILES string of the molecule is CCC1[n+]2ccccc2-c2ccccc2C1(C)C. The number of rotatable bonds is 1. The summed E-state index contributed by atoms with van der Waals surface area (Å²) >= 11 is 0. The van der Waals surface area contributed by atoms with Gasteiger partial charge in [-0.3, -0.25) is 0 Å². The molecule has 1 aromatic carbocycles. The number of fused-ring (bicyclic) bond motifs is 3. The van der Waals surface area contributed by atoms with E-state index in [0.717, 1.165) is 6.42 Å². The maximum atomic E-state index is 2.45. The quantitative estimate of drug-likeness (QED) is 0.664. The summed E-state index contributed by atoms with van der Waals surface area (Å²) in [6.07, 6.45) is 3.38. The second-order valence-corrected chi connectivity index (χ2v) is 5.68. The summed E-state index contributed by atoms with van der Waals surface area (Å²) < 4.78 is 2.45. The van der Waals surface area contributed by atoms with Crippen LogP contribution in [0.2, 0.25) is 0 Å². The van der Waals surface area contributed by atoms with Crippen molar-refractivity contribution in [3.05, 3.63) is 54.2 Å². The minimum absolute atomic E-state index is 0.185. The van der Waals surface area contributed by atoms with Crippen LogP contribution in [-0.4, -0.2) is 0 Å². The van der Waals surface area contributed by atoms with Crippen LogP contribution in [-0.2, 0) is 5.41 Å². The topological polar surface area (TPSA) is 3.88 Å². The van der Waals surface area contributed by atoms with Gasteiger partial charge in [-0.25, -0.2) is 0 Å². The third kappa shape index (κ3) is 1.43. The van der Waals surface area contributed by atoms with Crippen LogP contribution in [0.3, 0.4) is 0 Å². The molecule has 1 aliphatic rings. The van der Waals surface area contributed by atoms with Crippen LogP contribution in [0, 0.1) is 0 Å². The zero-order chi connectivity index (χ0) is 12.8. The van der Waals surface area contributed by atoms with E-state index in [4.69, 9.17) is 0 Å². The van der Waals surface area contributed by atoms with E-state index in [1.165, 1.54) is 16.8 Å². The lowest BCUT2D eigenvalue weighted by atomic mass is 9.71. The van der Waals surface area contributed by atoms with Crippen molar-refractivity contribution in [3.63, 3.8) is 0 Å². The minimum atomic E-state index is 0.185. The predicted octanol–water partition coefficient (Wildman–Crippen LogP) is 3.88. The van der Waals surface area contributed by atoms with Gasteiger partial charge in [0.25, 0.3) is 0 Å². The lowest BCUT2D eigenvalue weighted by molar-refractivity contribution is -0.724. The Bertz CT molecular complexity index is 584. The standard InChI is InChI=1S/C17H20N/c1-4-16-17(2,3)14-10-6-5-9-13(14)15-11-7-8-12-18(15)16/h5-12,16H,4H2,1-3H3/q+1. The molecule has 0 bridgehead atoms. The lowest BCUT2D eigenvalue weighted by Gasteiger charge is -2.36. The van der Waals surface area contributed by atoms with Crippen LogP contribution in [0.1, 0.15) is 38.8 Å². The smallest absolute Gasteiger partial charge is 0.195 e. The van der Waals surface area contributed by atoms with Crippen molar-refractivity contribution in [1.29, 1.82) is 0 Å². The molecule has 1 atom stereocenters. The molecule has 0 fully saturated rings. The van der Waals surface area contributed by atoms with Crippen molar-refractivity contribution in [1.82, 2.24) is 0 Å². The molecule has 1 unspecified atom stereocenters. The second-order valence-electron chi connectivity index (χ2n) is 5.68. The van der Waals surface area contributed by atoms with Crippen LogP contribution >= 0.6 is 0 Å². The van der Waals surface area contributed by atoms with Crippen molar-refractivity contribution < 1.29 is 4.57 Å². The summed E-state index contributed by atoms with van der Waals surface area (Å²) in [5.41, 5.74) is 4.39. The first-order valence-corrected chi connectivity index (χ1v) is 6.76. The van der Waals surface area contributed by atoms with Crippen LogP contribution in [0.15, 0.2) is 48.7 Å². The normalized spacial score (nSPS) is 20.1. The summed E-state index contributed by atoms with van der Waals surface area (Å²) in [5, 5.41) is 0. The average molecular weight is 238 g/mol. The molecule has 1 aliphatic heterocycles. The average Bonchev–Trinajstić information content (AvgIpc) is 2.39. The van der Waals surface area contributed by atoms with E-state index < -0.39 is 0 Å². The first-order chi connectivity index (χ1) is 8.66. The summed E-state index contributed by atoms with van der Waals surface area (Å²) in [5.74, 6) is 0. The molecule has 1 aromatic heterocycles. The summed E-state index contributed by atoms with van der Waals surface area (Å²) in [6.45, 7) is 7.01. The van der Waals surface area contributed by atoms with Crippen molar-refractivity contribution >= 4 is 0 Å². The maximum absolute atomic E-state index is 2.45. The van der Waals surface area contributed by atoms with E-state index in [1.807, 2.05) is 0 Å². The van der Waals surface area contributed by atoms with E-state index in [0.29, 0.717) is 6.04 Å². The highest BCUT2D eigenvalue weighted by atomic mass is 15.0. The molecule has 2 heterocycles. The number of aromatic nitrogens is 1. The number of pyridine rings is 1. The molecule has 0 saturated carbocycles. The molecule has 0 aliphatic carbocycles. The summed E-state index contributed by atoms with van der Waals surface area (Å²) in [4.78, 5) is 0. The van der Waals surface area contributed by atoms with Gasteiger partial charge in [-0.2, -0.15) is 4.57 Å². The van der Waals surface area contributed by atoms with Gasteiger partial charge in [-0.1, -0.05) is 25.1 Å². The van der Waals surface area contributed by atoms with Crippen LogP contribution in [0.4, 0.5) is 0 Å². The molecular formula is C17H20N+. The molecule has 0 radical (unpaired) electrons. The Kier molecular flexibility index (Phi) is 2.51. The van der Waals surface area contributed by atoms with Crippen molar-refractivity contribution in [2.45, 2.75) is 38.6 Å². The molecule has 1 heteroatoms. The largest absolute Gasteiger partial charge is 0.213 e. The van der Waals surface area contributed by atoms with Crippen molar-refractivity contribution in [2.75, 3.05) is 0 Å². The fourth-order valence-electron chi connectivity index (χ4n) is 3.46. The maximum Gasteiger partial charge on any atom is 0.213 e. The zero-order valence-electron chi connectivity index (χ0n) is 11.4. The van der Waals surface area contributed by atoms with Gasteiger partial charge in [-0.15, -0.1) is 0 Å². The highest BCUT2D eigenvalue weighted by Gasteiger charge is 2.44. The monoisotopic (exact) mass is 238 g/mol. The van der Waals surface area contributed by atoms with Crippen LogP contribution in [0.25, 0.3) is 11.3 Å². The minimum Gasteiger partial charge on any atom is -0.195 e. The number of hydrogen-bond acceptors (Lipinski definition) is 0. The Morgan fingerprint density at radius 2 is 1.78 bits per heavy atom. The number of hydrogen-bond donors (Lipinski definition) is 0. The molecule has 3 rings (SSSR count). The van der Waals surface area contributed by atoms with Gasteiger partial charge in [0, 0.05) is 18.6 Å². The van der Waals surface area contributed by atoms with Gasteiger partial charge in [0.2, 0.25) is 5.69 Å². The fraction of sp³-hybridized carbons (Fsp3) is 0.353. The van der Waals surface area contributed by atoms with Crippen molar-refractivity contribution in [2.24, 2.45) is 0 Å². The molecule has 0 N–H and O–H groups in total. The number of nitrogens with zero attached hydrogens (tertiary/aromatic N) is 1. The summed E-state index contributed by atoms with van der Waals surface area (Å²) in [7, 11) is 0. The van der Waals surface area contributed by atoms with Gasteiger partial charge in [0.15, 0.2) is 12.2 Å². The molecular weight excluding hydrogens is 218 g/mol. The van der Waals surface area contributed by atoms with Crippen LogP contribution in [0.5, 0.6) is 0 Å². The molecule has 0 spiro atoms. The van der Waals surface area contributed by atoms with Crippen molar-refractivity contribution in [3.8, 4) is 11.3 Å². The van der Waals surface area contributed by atoms with E-state index >= 15 is 0 Å². The Morgan fingerprint density at radius 3 is 2.56 bits per heavy atom. The third-order valence-corrected chi connectivity index (χ3v) is 4.34. The Morgan fingerprint density at radius 1 is 1.06 bits per heavy atom. The van der Waals surface area contributed by atoms with Gasteiger partial charge in [-0.05, 0) is 31.5 Å². The lowest BCUT2D eigenvalue weighted by Crippen LogP contribution is -2.53. The summed E-state index contributed by atoms with van der Waals surface area (Å²) in [6, 6.07) is 15.9. The third-order valence-electron chi connectivity index (χ3n) is 4.34. The zero-order valence-corrected chi connectivity index (χ0v) is 11.4. The van der Waals surface area contributed by atoms with Gasteiger partial charge >= 0.3 is 0 Å². The van der Waals surface area contributed by atoms with E-state index in [2.05, 4.69) is 74.0 Å². The Hall–Kier alpha value is -1.63. The first-order valence-electron chi connectivity index (χ1n) is 6.76. The van der Waals surface area contributed by atoms with Gasteiger partial charge in [0.05, 0.1) is 11.0 Å². The number of benzene rings is 1. The molecule has 18 heavy (non-hydrogen) atoms. The Labute approximate surface area is 109 Å². The Balaban J connectivity index is 2.35. The molecule has 2 aromatic rings. The second kappa shape index (κ2) is 3.94. The van der Waals surface area contributed by atoms with E-state index in [-0.39, 0.29) is 5.41 Å². The van der Waals surface area contributed by atoms with E-state index in [1.54, 1.807) is 0 Å². The molecule has 1 nitrogen and oxygen atoms in total. The fourth-order valence-corrected chi connectivity index (χ4v) is 3.46. The van der Waals surface area contributed by atoms with Gasteiger partial charge in [0.1, 0.15) is 0 Å². The molecule has 0 amide bonds. The van der Waals surface area contributed by atoms with Gasteiger partial charge < -0.3 is 0 Å². The highest BCUT2D eigenvalue weighted by Crippen LogP contribution is 2.43. The highest BCUT2D eigenvalue weighted by molar-refractivity contribution is 5.64. The van der Waals surface area contributed by atoms with Crippen LogP contribution < -0.4 is 4.57 Å². The van der Waals surface area contributed by atoms with E-state index in [9.17, 15) is 0 Å². The molecule has 0 saturated heterocycles. The first kappa shape index (κ1) is 11.5. The predicted molar refractivity (Wildman–Crippen MR) is 74.4 cm³/mol.